The average Bonchev–Trinajstić information content (AvgIpc) is 3.48. The van der Waals surface area contributed by atoms with Crippen LogP contribution in [0.25, 0.3) is 5.69 Å². The Kier molecular flexibility index (Phi) is 7.92. The third kappa shape index (κ3) is 5.38. The second kappa shape index (κ2) is 11.7. The molecule has 2 aromatic heterocycles. The minimum atomic E-state index is -0.949. The molecule has 222 valence electrons. The number of piperidine rings is 1. The summed E-state index contributed by atoms with van der Waals surface area (Å²) in [7, 11) is 0. The molecule has 4 heterocycles. The monoisotopic (exact) mass is 613 g/mol. The summed E-state index contributed by atoms with van der Waals surface area (Å²) in [5.41, 5.74) is 8.03. The van der Waals surface area contributed by atoms with Crippen molar-refractivity contribution in [3.05, 3.63) is 106 Å². The van der Waals surface area contributed by atoms with Crippen LogP contribution in [0.1, 0.15) is 70.4 Å². The number of halogens is 1. The fourth-order valence-corrected chi connectivity index (χ4v) is 7.18. The smallest absolute Gasteiger partial charge is 0.335 e. The van der Waals surface area contributed by atoms with Crippen LogP contribution in [0.4, 0.5) is 11.4 Å². The maximum Gasteiger partial charge on any atom is 0.335 e. The van der Waals surface area contributed by atoms with E-state index in [1.165, 1.54) is 0 Å². The van der Waals surface area contributed by atoms with Crippen LogP contribution in [-0.4, -0.2) is 38.8 Å². The lowest BCUT2D eigenvalue weighted by Crippen LogP contribution is -2.33. The van der Waals surface area contributed by atoms with Crippen LogP contribution in [0.15, 0.2) is 66.9 Å². The number of aryl methyl sites for hydroxylation is 2. The van der Waals surface area contributed by atoms with Crippen LogP contribution in [0.5, 0.6) is 0 Å². The predicted octanol–water partition coefficient (Wildman–Crippen LogP) is 7.56. The highest BCUT2D eigenvalue weighted by Crippen LogP contribution is 2.45. The Morgan fingerprint density at radius 2 is 1.79 bits per heavy atom. The highest BCUT2D eigenvalue weighted by atomic mass is 35.5. The molecule has 2 N–H and O–H groups in total. The fourth-order valence-electron chi connectivity index (χ4n) is 6.54. The quantitative estimate of drug-likeness (QED) is 0.217. The number of rotatable bonds is 6. The van der Waals surface area contributed by atoms with E-state index in [-0.39, 0.29) is 17.6 Å². The summed E-state index contributed by atoms with van der Waals surface area (Å²) in [6.07, 6.45) is 4.13. The zero-order valence-corrected chi connectivity index (χ0v) is 26.4. The Morgan fingerprint density at radius 3 is 2.47 bits per heavy atom. The first-order valence-electron chi connectivity index (χ1n) is 14.7. The van der Waals surface area contributed by atoms with Crippen molar-refractivity contribution in [3.63, 3.8) is 0 Å². The van der Waals surface area contributed by atoms with E-state index in [0.717, 1.165) is 77.1 Å². The van der Waals surface area contributed by atoms with Gasteiger partial charge >= 0.3 is 5.97 Å². The SMILES string of the molecule is Cc1ccc(C(=O)O)cc1-n1c(C)cc(C2C(c3ccccn3)NC(=S)N2c2ccc(N3CCC(C)CC3)c(Cl)c2)c1C. The zero-order chi connectivity index (χ0) is 30.4. The number of carboxylic acids is 1. The molecule has 2 aliphatic heterocycles. The van der Waals surface area contributed by atoms with E-state index in [1.54, 1.807) is 18.3 Å². The van der Waals surface area contributed by atoms with Crippen LogP contribution in [0.2, 0.25) is 5.02 Å². The number of carboxylic acid groups (broad SMARTS) is 1. The molecule has 7 nitrogen and oxygen atoms in total. The second-order valence-corrected chi connectivity index (χ2v) is 12.6. The number of nitrogens with one attached hydrogen (secondary N) is 1. The van der Waals surface area contributed by atoms with Gasteiger partial charge in [-0.25, -0.2) is 4.79 Å². The number of aromatic carboxylic acids is 1. The third-order valence-corrected chi connectivity index (χ3v) is 9.54. The van der Waals surface area contributed by atoms with E-state index >= 15 is 0 Å². The maximum atomic E-state index is 11.8. The summed E-state index contributed by atoms with van der Waals surface area (Å²) in [6, 6.07) is 19.2. The van der Waals surface area contributed by atoms with E-state index in [0.29, 0.717) is 10.1 Å². The number of aromatic nitrogens is 2. The van der Waals surface area contributed by atoms with Crippen molar-refractivity contribution in [2.75, 3.05) is 22.9 Å². The van der Waals surface area contributed by atoms with Crippen molar-refractivity contribution >= 4 is 46.3 Å². The van der Waals surface area contributed by atoms with Gasteiger partial charge in [0.2, 0.25) is 0 Å². The summed E-state index contributed by atoms with van der Waals surface area (Å²) >= 11 is 13.0. The third-order valence-electron chi connectivity index (χ3n) is 8.92. The Labute approximate surface area is 263 Å². The van der Waals surface area contributed by atoms with E-state index in [4.69, 9.17) is 28.8 Å². The molecule has 9 heteroatoms. The lowest BCUT2D eigenvalue weighted by atomic mass is 9.96. The number of hydrogen-bond acceptors (Lipinski definition) is 4. The van der Waals surface area contributed by atoms with Crippen LogP contribution < -0.4 is 15.1 Å². The number of nitrogens with zero attached hydrogens (tertiary/aromatic N) is 4. The second-order valence-electron chi connectivity index (χ2n) is 11.8. The molecular formula is C34H36ClN5O2S. The molecular weight excluding hydrogens is 578 g/mol. The number of carbonyl (C=O) groups is 1. The summed E-state index contributed by atoms with van der Waals surface area (Å²) in [5, 5.41) is 14.6. The molecule has 0 aliphatic carbocycles. The first-order valence-corrected chi connectivity index (χ1v) is 15.5. The van der Waals surface area contributed by atoms with Gasteiger partial charge in [-0.2, -0.15) is 0 Å². The normalized spacial score (nSPS) is 19.1. The van der Waals surface area contributed by atoms with Gasteiger partial charge in [-0.05, 0) is 111 Å². The Morgan fingerprint density at radius 1 is 1.02 bits per heavy atom. The molecule has 2 atom stereocenters. The molecule has 2 saturated heterocycles. The molecule has 0 saturated carbocycles. The molecule has 43 heavy (non-hydrogen) atoms. The Bertz CT molecular complexity index is 1700. The van der Waals surface area contributed by atoms with Gasteiger partial charge in [0.1, 0.15) is 0 Å². The zero-order valence-electron chi connectivity index (χ0n) is 24.8. The summed E-state index contributed by atoms with van der Waals surface area (Å²) in [6.45, 7) is 10.4. The lowest BCUT2D eigenvalue weighted by Gasteiger charge is -2.33. The Hall–Kier alpha value is -3.88. The highest BCUT2D eigenvalue weighted by molar-refractivity contribution is 7.80. The minimum Gasteiger partial charge on any atom is -0.478 e. The van der Waals surface area contributed by atoms with Gasteiger partial charge in [0.15, 0.2) is 5.11 Å². The molecule has 2 aromatic carbocycles. The van der Waals surface area contributed by atoms with Crippen molar-refractivity contribution in [2.45, 2.75) is 52.6 Å². The van der Waals surface area contributed by atoms with Gasteiger partial charge in [-0.15, -0.1) is 0 Å². The van der Waals surface area contributed by atoms with E-state index in [2.05, 4.69) is 58.7 Å². The highest BCUT2D eigenvalue weighted by Gasteiger charge is 2.42. The largest absolute Gasteiger partial charge is 0.478 e. The van der Waals surface area contributed by atoms with Crippen LogP contribution in [0, 0.1) is 26.7 Å². The number of hydrogen-bond donors (Lipinski definition) is 2. The molecule has 0 spiro atoms. The van der Waals surface area contributed by atoms with E-state index in [1.807, 2.05) is 37.3 Å². The van der Waals surface area contributed by atoms with Gasteiger partial charge in [0.05, 0.1) is 34.1 Å². The van der Waals surface area contributed by atoms with Crippen molar-refractivity contribution < 1.29 is 9.90 Å². The molecule has 4 aromatic rings. The molecule has 2 unspecified atom stereocenters. The number of benzene rings is 2. The van der Waals surface area contributed by atoms with Gasteiger partial charge in [0, 0.05) is 42.0 Å². The number of anilines is 2. The van der Waals surface area contributed by atoms with Crippen LogP contribution in [-0.2, 0) is 0 Å². The first kappa shape index (κ1) is 29.2. The summed E-state index contributed by atoms with van der Waals surface area (Å²) in [5.74, 6) is -0.212. The van der Waals surface area contributed by atoms with Crippen LogP contribution >= 0.6 is 23.8 Å². The minimum absolute atomic E-state index is 0.212. The number of thiocarbonyl (C=S) groups is 1. The van der Waals surface area contributed by atoms with Crippen LogP contribution in [0.3, 0.4) is 0 Å². The summed E-state index contributed by atoms with van der Waals surface area (Å²) < 4.78 is 2.14. The molecule has 0 bridgehead atoms. The van der Waals surface area contributed by atoms with Gasteiger partial charge in [-0.1, -0.05) is 30.7 Å². The van der Waals surface area contributed by atoms with Crippen molar-refractivity contribution in [1.82, 2.24) is 14.9 Å². The summed E-state index contributed by atoms with van der Waals surface area (Å²) in [4.78, 5) is 21.1. The van der Waals surface area contributed by atoms with Crippen molar-refractivity contribution in [1.29, 1.82) is 0 Å². The predicted molar refractivity (Wildman–Crippen MR) is 177 cm³/mol. The van der Waals surface area contributed by atoms with Gasteiger partial charge < -0.3 is 24.8 Å². The van der Waals surface area contributed by atoms with E-state index < -0.39 is 5.97 Å². The van der Waals surface area contributed by atoms with Gasteiger partial charge in [0.25, 0.3) is 0 Å². The first-order chi connectivity index (χ1) is 20.6. The molecule has 6 rings (SSSR count). The van der Waals surface area contributed by atoms with E-state index in [9.17, 15) is 9.90 Å². The maximum absolute atomic E-state index is 11.8. The van der Waals surface area contributed by atoms with Gasteiger partial charge in [-0.3, -0.25) is 4.98 Å². The number of pyridine rings is 1. The average molecular weight is 614 g/mol. The topological polar surface area (TPSA) is 73.6 Å². The van der Waals surface area contributed by atoms with Crippen molar-refractivity contribution in [3.8, 4) is 5.69 Å². The van der Waals surface area contributed by atoms with Crippen molar-refractivity contribution in [2.24, 2.45) is 5.92 Å². The fraction of sp³-hybridized carbons (Fsp3) is 0.324. The molecule has 2 fully saturated rings. The lowest BCUT2D eigenvalue weighted by molar-refractivity contribution is 0.0697. The molecule has 0 radical (unpaired) electrons. The molecule has 2 aliphatic rings. The standard InChI is InChI=1S/C34H36ClN5O2S/c1-20-12-15-38(16-13-20)29-11-10-25(19-27(29)35)40-32(31(37-34(40)43)28-7-5-6-14-36-28)26-17-22(3)39(23(26)4)30-18-24(33(41)42)9-8-21(30)2/h5-11,14,17-20,31-32H,12-13,15-16H2,1-4H3,(H,37,43)(H,41,42). The Balaban J connectivity index is 1.46. The molecule has 0 amide bonds.